The molecule has 0 aliphatic rings. The molecule has 1 nitrogen and oxygen atoms in total. The summed E-state index contributed by atoms with van der Waals surface area (Å²) in [5.74, 6) is 0. The van der Waals surface area contributed by atoms with Crippen molar-refractivity contribution in [1.82, 2.24) is 0 Å². The maximum Gasteiger partial charge on any atom is 0.109 e. The molecule has 0 amide bonds. The SMILES string of the molecule is Cc1ccccc1C(N)CF.Cl. The number of hydrogen-bond acceptors (Lipinski definition) is 1. The number of alkyl halides is 1. The van der Waals surface area contributed by atoms with Crippen LogP contribution in [0.25, 0.3) is 0 Å². The first-order valence-electron chi connectivity index (χ1n) is 3.62. The van der Waals surface area contributed by atoms with Crippen molar-refractivity contribution in [3.63, 3.8) is 0 Å². The molecule has 0 heterocycles. The van der Waals surface area contributed by atoms with Gasteiger partial charge in [0, 0.05) is 0 Å². The molecule has 0 fully saturated rings. The lowest BCUT2D eigenvalue weighted by Crippen LogP contribution is -2.13. The number of hydrogen-bond donors (Lipinski definition) is 1. The molecule has 3 heteroatoms. The van der Waals surface area contributed by atoms with E-state index in [9.17, 15) is 4.39 Å². The minimum Gasteiger partial charge on any atom is -0.322 e. The van der Waals surface area contributed by atoms with Crippen molar-refractivity contribution in [3.8, 4) is 0 Å². The second kappa shape index (κ2) is 5.12. The van der Waals surface area contributed by atoms with Crippen LogP contribution < -0.4 is 5.73 Å². The summed E-state index contributed by atoms with van der Waals surface area (Å²) in [6.45, 7) is 1.44. The molecular weight excluding hydrogens is 177 g/mol. The number of halogens is 2. The Labute approximate surface area is 78.2 Å². The van der Waals surface area contributed by atoms with Crippen molar-refractivity contribution in [3.05, 3.63) is 35.4 Å². The van der Waals surface area contributed by atoms with Crippen LogP contribution in [0.15, 0.2) is 24.3 Å². The number of rotatable bonds is 2. The van der Waals surface area contributed by atoms with Crippen LogP contribution in [0.5, 0.6) is 0 Å². The Morgan fingerprint density at radius 3 is 2.50 bits per heavy atom. The van der Waals surface area contributed by atoms with Crippen molar-refractivity contribution >= 4 is 12.4 Å². The second-order valence-corrected chi connectivity index (χ2v) is 2.62. The Bertz CT molecular complexity index is 240. The topological polar surface area (TPSA) is 26.0 Å². The van der Waals surface area contributed by atoms with Gasteiger partial charge >= 0.3 is 0 Å². The van der Waals surface area contributed by atoms with Crippen molar-refractivity contribution in [2.24, 2.45) is 5.73 Å². The molecule has 68 valence electrons. The maximum absolute atomic E-state index is 12.1. The van der Waals surface area contributed by atoms with Gasteiger partial charge in [-0.05, 0) is 18.1 Å². The average Bonchev–Trinajstić information content (AvgIpc) is 2.04. The fourth-order valence-corrected chi connectivity index (χ4v) is 1.09. The summed E-state index contributed by atoms with van der Waals surface area (Å²) in [4.78, 5) is 0. The van der Waals surface area contributed by atoms with Gasteiger partial charge in [-0.25, -0.2) is 4.39 Å². The number of benzene rings is 1. The van der Waals surface area contributed by atoms with Gasteiger partial charge in [0.05, 0.1) is 6.04 Å². The zero-order valence-corrected chi connectivity index (χ0v) is 7.77. The minimum atomic E-state index is -0.495. The fourth-order valence-electron chi connectivity index (χ4n) is 1.09. The smallest absolute Gasteiger partial charge is 0.109 e. The van der Waals surface area contributed by atoms with Crippen LogP contribution >= 0.6 is 12.4 Å². The van der Waals surface area contributed by atoms with E-state index in [-0.39, 0.29) is 12.4 Å². The summed E-state index contributed by atoms with van der Waals surface area (Å²) >= 11 is 0. The van der Waals surface area contributed by atoms with E-state index in [1.807, 2.05) is 31.2 Å². The summed E-state index contributed by atoms with van der Waals surface area (Å²) in [5.41, 5.74) is 7.47. The van der Waals surface area contributed by atoms with E-state index in [4.69, 9.17) is 5.73 Å². The van der Waals surface area contributed by atoms with Crippen LogP contribution in [-0.2, 0) is 0 Å². The summed E-state index contributed by atoms with van der Waals surface area (Å²) in [6.07, 6.45) is 0. The molecule has 0 saturated heterocycles. The van der Waals surface area contributed by atoms with Crippen LogP contribution in [0.1, 0.15) is 17.2 Å². The van der Waals surface area contributed by atoms with Crippen molar-refractivity contribution in [2.45, 2.75) is 13.0 Å². The predicted molar refractivity (Wildman–Crippen MR) is 51.3 cm³/mol. The second-order valence-electron chi connectivity index (χ2n) is 2.62. The quantitative estimate of drug-likeness (QED) is 0.760. The molecule has 12 heavy (non-hydrogen) atoms. The van der Waals surface area contributed by atoms with Crippen molar-refractivity contribution in [2.75, 3.05) is 6.67 Å². The third-order valence-electron chi connectivity index (χ3n) is 1.75. The Kier molecular flexibility index (Phi) is 4.86. The largest absolute Gasteiger partial charge is 0.322 e. The zero-order valence-electron chi connectivity index (χ0n) is 6.96. The highest BCUT2D eigenvalue weighted by Crippen LogP contribution is 2.14. The van der Waals surface area contributed by atoms with E-state index in [0.717, 1.165) is 11.1 Å². The van der Waals surface area contributed by atoms with Gasteiger partial charge in [-0.3, -0.25) is 0 Å². The third kappa shape index (κ3) is 2.47. The molecule has 1 rings (SSSR count). The number of aryl methyl sites for hydroxylation is 1. The molecule has 0 bridgehead atoms. The van der Waals surface area contributed by atoms with Gasteiger partial charge in [0.1, 0.15) is 6.67 Å². The summed E-state index contributed by atoms with van der Waals surface area (Å²) in [5, 5.41) is 0. The molecule has 0 aliphatic heterocycles. The van der Waals surface area contributed by atoms with E-state index in [2.05, 4.69) is 0 Å². The summed E-state index contributed by atoms with van der Waals surface area (Å²) in [6, 6.07) is 7.13. The monoisotopic (exact) mass is 189 g/mol. The highest BCUT2D eigenvalue weighted by atomic mass is 35.5. The lowest BCUT2D eigenvalue weighted by Gasteiger charge is -2.09. The van der Waals surface area contributed by atoms with E-state index in [1.54, 1.807) is 0 Å². The third-order valence-corrected chi connectivity index (χ3v) is 1.75. The molecule has 1 atom stereocenters. The molecule has 0 spiro atoms. The molecule has 1 aromatic carbocycles. The highest BCUT2D eigenvalue weighted by Gasteiger charge is 2.06. The van der Waals surface area contributed by atoms with Gasteiger partial charge < -0.3 is 5.73 Å². The highest BCUT2D eigenvalue weighted by molar-refractivity contribution is 5.85. The molecule has 0 radical (unpaired) electrons. The zero-order chi connectivity index (χ0) is 8.27. The first-order valence-corrected chi connectivity index (χ1v) is 3.62. The minimum absolute atomic E-state index is 0. The first kappa shape index (κ1) is 11.4. The lowest BCUT2D eigenvalue weighted by atomic mass is 10.0. The van der Waals surface area contributed by atoms with Crippen molar-refractivity contribution < 1.29 is 4.39 Å². The average molecular weight is 190 g/mol. The fraction of sp³-hybridized carbons (Fsp3) is 0.333. The van der Waals surface area contributed by atoms with E-state index in [0.29, 0.717) is 0 Å². The Morgan fingerprint density at radius 2 is 2.00 bits per heavy atom. The van der Waals surface area contributed by atoms with E-state index < -0.39 is 12.7 Å². The summed E-state index contributed by atoms with van der Waals surface area (Å²) < 4.78 is 12.1. The normalized spacial score (nSPS) is 11.9. The van der Waals surface area contributed by atoms with Gasteiger partial charge in [0.15, 0.2) is 0 Å². The van der Waals surface area contributed by atoms with Gasteiger partial charge in [0.25, 0.3) is 0 Å². The summed E-state index contributed by atoms with van der Waals surface area (Å²) in [7, 11) is 0. The van der Waals surface area contributed by atoms with Crippen molar-refractivity contribution in [1.29, 1.82) is 0 Å². The maximum atomic E-state index is 12.1. The Morgan fingerprint density at radius 1 is 1.42 bits per heavy atom. The molecule has 0 aliphatic carbocycles. The van der Waals surface area contributed by atoms with Crippen LogP contribution in [0.2, 0.25) is 0 Å². The lowest BCUT2D eigenvalue weighted by molar-refractivity contribution is 0.436. The van der Waals surface area contributed by atoms with Crippen LogP contribution in [0.4, 0.5) is 4.39 Å². The molecular formula is C9H13ClFN. The molecule has 1 aromatic rings. The molecule has 2 N–H and O–H groups in total. The first-order chi connectivity index (χ1) is 5.25. The Balaban J connectivity index is 0.00000121. The standard InChI is InChI=1S/C9H12FN.ClH/c1-7-4-2-3-5-8(7)9(11)6-10;/h2-5,9H,6,11H2,1H3;1H. The van der Waals surface area contributed by atoms with Crippen LogP contribution in [0.3, 0.4) is 0 Å². The Hall–Kier alpha value is -0.600. The van der Waals surface area contributed by atoms with Gasteiger partial charge in [0.2, 0.25) is 0 Å². The van der Waals surface area contributed by atoms with Gasteiger partial charge in [-0.15, -0.1) is 12.4 Å². The van der Waals surface area contributed by atoms with Crippen LogP contribution in [0, 0.1) is 6.92 Å². The predicted octanol–water partition coefficient (Wildman–Crippen LogP) is 2.39. The number of nitrogens with two attached hydrogens (primary N) is 1. The molecule has 1 unspecified atom stereocenters. The van der Waals surface area contributed by atoms with Crippen LogP contribution in [-0.4, -0.2) is 6.67 Å². The van der Waals surface area contributed by atoms with Gasteiger partial charge in [-0.2, -0.15) is 0 Å². The molecule has 0 saturated carbocycles. The molecule has 0 aromatic heterocycles. The van der Waals surface area contributed by atoms with E-state index >= 15 is 0 Å². The van der Waals surface area contributed by atoms with Gasteiger partial charge in [-0.1, -0.05) is 24.3 Å². The van der Waals surface area contributed by atoms with E-state index in [1.165, 1.54) is 0 Å².